The number of benzene rings is 1. The number of hydrogen-bond acceptors (Lipinski definition) is 5. The van der Waals surface area contributed by atoms with Crippen molar-refractivity contribution in [2.75, 3.05) is 23.3 Å². The minimum absolute atomic E-state index is 0.187. The number of amides is 2. The number of imide groups is 1. The van der Waals surface area contributed by atoms with Gasteiger partial charge in [-0.1, -0.05) is 13.0 Å². The summed E-state index contributed by atoms with van der Waals surface area (Å²) in [6.07, 6.45) is 2.44. The minimum atomic E-state index is -0.262. The normalized spacial score (nSPS) is 18.3. The van der Waals surface area contributed by atoms with Crippen LogP contribution in [0.1, 0.15) is 38.5 Å². The lowest BCUT2D eigenvalue weighted by Crippen LogP contribution is -2.38. The molecule has 2 aromatic rings. The molecule has 3 heterocycles. The van der Waals surface area contributed by atoms with E-state index < -0.39 is 0 Å². The van der Waals surface area contributed by atoms with E-state index in [-0.39, 0.29) is 17.9 Å². The Morgan fingerprint density at radius 1 is 1.03 bits per heavy atom. The summed E-state index contributed by atoms with van der Waals surface area (Å²) in [4.78, 5) is 30.5. The maximum absolute atomic E-state index is 13.0. The van der Waals surface area contributed by atoms with Gasteiger partial charge < -0.3 is 10.2 Å². The molecule has 29 heavy (non-hydrogen) atoms. The number of anilines is 2. The molecule has 152 valence electrons. The maximum Gasteiger partial charge on any atom is 0.278 e. The molecule has 0 atom stereocenters. The first-order valence-electron chi connectivity index (χ1n) is 10.2. The van der Waals surface area contributed by atoms with Crippen LogP contribution in [0.4, 0.5) is 11.4 Å². The van der Waals surface area contributed by atoms with Crippen molar-refractivity contribution in [3.63, 3.8) is 0 Å². The number of carbonyl (C=O) groups is 2. The second-order valence-electron chi connectivity index (χ2n) is 8.14. The number of carbonyl (C=O) groups excluding carboxylic acids is 2. The monoisotopic (exact) mass is 409 g/mol. The molecule has 0 unspecified atom stereocenters. The van der Waals surface area contributed by atoms with Crippen molar-refractivity contribution in [1.82, 2.24) is 4.90 Å². The fraction of sp³-hybridized carbons (Fsp3) is 0.391. The number of nitrogens with zero attached hydrogens (tertiary/aromatic N) is 2. The van der Waals surface area contributed by atoms with Crippen LogP contribution in [0, 0.1) is 5.92 Å². The van der Waals surface area contributed by atoms with Crippen molar-refractivity contribution in [2.45, 2.75) is 39.7 Å². The van der Waals surface area contributed by atoms with Crippen LogP contribution in [0.2, 0.25) is 0 Å². The van der Waals surface area contributed by atoms with Gasteiger partial charge in [-0.15, -0.1) is 11.3 Å². The Hall–Kier alpha value is -2.60. The van der Waals surface area contributed by atoms with Crippen LogP contribution in [-0.2, 0) is 9.59 Å². The summed E-state index contributed by atoms with van der Waals surface area (Å²) < 4.78 is 0. The molecule has 1 N–H and O–H groups in total. The van der Waals surface area contributed by atoms with Crippen molar-refractivity contribution in [3.05, 3.63) is 52.4 Å². The summed E-state index contributed by atoms with van der Waals surface area (Å²) in [5.74, 6) is 0.307. The lowest BCUT2D eigenvalue weighted by Gasteiger charge is -2.32. The van der Waals surface area contributed by atoms with Crippen molar-refractivity contribution in [1.29, 1.82) is 0 Å². The van der Waals surface area contributed by atoms with E-state index in [4.69, 9.17) is 0 Å². The molecule has 1 fully saturated rings. The van der Waals surface area contributed by atoms with Crippen LogP contribution < -0.4 is 10.2 Å². The molecule has 6 heteroatoms. The van der Waals surface area contributed by atoms with E-state index in [1.807, 2.05) is 43.5 Å². The third kappa shape index (κ3) is 3.81. The fourth-order valence-electron chi connectivity index (χ4n) is 3.95. The van der Waals surface area contributed by atoms with E-state index in [2.05, 4.69) is 29.3 Å². The lowest BCUT2D eigenvalue weighted by molar-refractivity contribution is -0.138. The van der Waals surface area contributed by atoms with Gasteiger partial charge in [0, 0.05) is 35.4 Å². The Morgan fingerprint density at radius 3 is 2.31 bits per heavy atom. The topological polar surface area (TPSA) is 52.7 Å². The quantitative estimate of drug-likeness (QED) is 0.734. The van der Waals surface area contributed by atoms with Gasteiger partial charge in [0.2, 0.25) is 0 Å². The van der Waals surface area contributed by atoms with Crippen molar-refractivity contribution < 1.29 is 9.59 Å². The molecule has 0 aliphatic carbocycles. The van der Waals surface area contributed by atoms with Gasteiger partial charge in [0.05, 0.1) is 5.57 Å². The van der Waals surface area contributed by atoms with Gasteiger partial charge in [-0.2, -0.15) is 0 Å². The maximum atomic E-state index is 13.0. The van der Waals surface area contributed by atoms with E-state index in [9.17, 15) is 9.59 Å². The molecule has 4 rings (SSSR count). The summed E-state index contributed by atoms with van der Waals surface area (Å²) in [5.41, 5.74) is 2.85. The molecule has 0 spiro atoms. The second kappa shape index (κ2) is 8.03. The lowest BCUT2D eigenvalue weighted by atomic mass is 9.99. The highest BCUT2D eigenvalue weighted by atomic mass is 32.1. The standard InChI is InChI=1S/C23H27N3O2S/c1-15(2)26-22(27)20(19-5-4-14-29-19)21(23(26)28)24-17-6-8-18(9-7-17)25-12-10-16(3)11-13-25/h4-9,14-16,24H,10-13H2,1-3H3. The summed E-state index contributed by atoms with van der Waals surface area (Å²) >= 11 is 1.47. The first kappa shape index (κ1) is 19.7. The van der Waals surface area contributed by atoms with Gasteiger partial charge in [-0.25, -0.2) is 0 Å². The average molecular weight is 410 g/mol. The molecule has 1 saturated heterocycles. The third-order valence-corrected chi connectivity index (χ3v) is 6.57. The largest absolute Gasteiger partial charge is 0.372 e. The molecule has 1 aromatic heterocycles. The number of hydrogen-bond donors (Lipinski definition) is 1. The molecular formula is C23H27N3O2S. The zero-order valence-corrected chi connectivity index (χ0v) is 18.0. The van der Waals surface area contributed by atoms with Gasteiger partial charge in [-0.05, 0) is 68.3 Å². The fourth-order valence-corrected chi connectivity index (χ4v) is 4.72. The highest BCUT2D eigenvalue weighted by Crippen LogP contribution is 2.34. The van der Waals surface area contributed by atoms with Crippen molar-refractivity contribution >= 4 is 40.1 Å². The molecule has 0 saturated carbocycles. The number of piperidine rings is 1. The molecule has 2 aliphatic heterocycles. The summed E-state index contributed by atoms with van der Waals surface area (Å²) in [7, 11) is 0. The summed E-state index contributed by atoms with van der Waals surface area (Å²) in [6, 6.07) is 11.8. The Morgan fingerprint density at radius 2 is 1.72 bits per heavy atom. The van der Waals surface area contributed by atoms with E-state index in [0.717, 1.165) is 29.6 Å². The SMILES string of the molecule is CC1CCN(c2ccc(NC3=C(c4cccs4)C(=O)N(C(C)C)C3=O)cc2)CC1. The third-order valence-electron chi connectivity index (χ3n) is 5.68. The zero-order chi connectivity index (χ0) is 20.5. The van der Waals surface area contributed by atoms with Crippen LogP contribution >= 0.6 is 11.3 Å². The highest BCUT2D eigenvalue weighted by molar-refractivity contribution is 7.11. The van der Waals surface area contributed by atoms with Crippen LogP contribution in [-0.4, -0.2) is 35.8 Å². The predicted molar refractivity (Wildman–Crippen MR) is 119 cm³/mol. The molecule has 0 radical (unpaired) electrons. The van der Waals surface area contributed by atoms with E-state index in [1.165, 1.54) is 34.8 Å². The Balaban J connectivity index is 1.59. The molecule has 2 aliphatic rings. The average Bonchev–Trinajstić information content (AvgIpc) is 3.30. The van der Waals surface area contributed by atoms with Gasteiger partial charge in [0.15, 0.2) is 0 Å². The Labute approximate surface area is 176 Å². The summed E-state index contributed by atoms with van der Waals surface area (Å²) in [5, 5.41) is 5.16. The number of nitrogens with one attached hydrogen (secondary N) is 1. The highest BCUT2D eigenvalue weighted by Gasteiger charge is 2.40. The number of rotatable bonds is 5. The van der Waals surface area contributed by atoms with E-state index in [0.29, 0.717) is 11.3 Å². The molecule has 0 bridgehead atoms. The van der Waals surface area contributed by atoms with Crippen LogP contribution in [0.15, 0.2) is 47.5 Å². The van der Waals surface area contributed by atoms with Crippen LogP contribution in [0.3, 0.4) is 0 Å². The molecule has 5 nitrogen and oxygen atoms in total. The molecule has 2 amide bonds. The van der Waals surface area contributed by atoms with Gasteiger partial charge in [-0.3, -0.25) is 14.5 Å². The first-order valence-corrected chi connectivity index (χ1v) is 11.1. The Kier molecular flexibility index (Phi) is 5.46. The van der Waals surface area contributed by atoms with Crippen molar-refractivity contribution in [3.8, 4) is 0 Å². The van der Waals surface area contributed by atoms with Gasteiger partial charge in [0.25, 0.3) is 11.8 Å². The van der Waals surface area contributed by atoms with E-state index in [1.54, 1.807) is 0 Å². The minimum Gasteiger partial charge on any atom is -0.372 e. The van der Waals surface area contributed by atoms with Crippen molar-refractivity contribution in [2.24, 2.45) is 5.92 Å². The second-order valence-corrected chi connectivity index (χ2v) is 9.09. The van der Waals surface area contributed by atoms with Crippen LogP contribution in [0.5, 0.6) is 0 Å². The zero-order valence-electron chi connectivity index (χ0n) is 17.1. The van der Waals surface area contributed by atoms with Crippen LogP contribution in [0.25, 0.3) is 5.57 Å². The summed E-state index contributed by atoms with van der Waals surface area (Å²) in [6.45, 7) is 8.19. The Bertz CT molecular complexity index is 924. The molecule has 1 aromatic carbocycles. The predicted octanol–water partition coefficient (Wildman–Crippen LogP) is 4.58. The van der Waals surface area contributed by atoms with Gasteiger partial charge in [0.1, 0.15) is 5.70 Å². The first-order chi connectivity index (χ1) is 14.0. The molecular weight excluding hydrogens is 382 g/mol. The number of thiophene rings is 1. The van der Waals surface area contributed by atoms with Gasteiger partial charge >= 0.3 is 0 Å². The smallest absolute Gasteiger partial charge is 0.278 e. The van der Waals surface area contributed by atoms with E-state index >= 15 is 0 Å².